The van der Waals surface area contributed by atoms with E-state index in [9.17, 15) is 8.78 Å². The summed E-state index contributed by atoms with van der Waals surface area (Å²) in [7, 11) is 0. The minimum absolute atomic E-state index is 0.00394. The molecule has 1 atom stereocenters. The lowest BCUT2D eigenvalue weighted by atomic mass is 9.96. The Balaban J connectivity index is 1.85. The maximum Gasteiger partial charge on any atom is 0.387 e. The molecule has 6 heteroatoms. The molecule has 118 valence electrons. The van der Waals surface area contributed by atoms with Gasteiger partial charge in [-0.1, -0.05) is 18.2 Å². The Morgan fingerprint density at radius 1 is 1.22 bits per heavy atom. The van der Waals surface area contributed by atoms with Gasteiger partial charge in [-0.25, -0.2) is 4.98 Å². The van der Waals surface area contributed by atoms with Crippen molar-refractivity contribution < 1.29 is 13.5 Å². The number of para-hydroxylation sites is 1. The zero-order chi connectivity index (χ0) is 16.0. The molecule has 0 saturated carbocycles. The molecule has 23 heavy (non-hydrogen) atoms. The maximum atomic E-state index is 12.7. The third-order valence-corrected chi connectivity index (χ3v) is 4.68. The highest BCUT2D eigenvalue weighted by Crippen LogP contribution is 2.42. The summed E-state index contributed by atoms with van der Waals surface area (Å²) in [6, 6.07) is 10.9. The van der Waals surface area contributed by atoms with E-state index in [1.807, 2.05) is 34.9 Å². The van der Waals surface area contributed by atoms with Crippen molar-refractivity contribution in [1.82, 2.24) is 9.38 Å². The number of hydrogen-bond donors (Lipinski definition) is 0. The zero-order valence-corrected chi connectivity index (χ0v) is 13.6. The largest absolute Gasteiger partial charge is 0.435 e. The molecule has 0 saturated heterocycles. The van der Waals surface area contributed by atoms with Crippen LogP contribution in [0.2, 0.25) is 0 Å². The molecule has 1 aliphatic rings. The third-order valence-electron chi connectivity index (χ3n) is 4.21. The molecule has 1 aliphatic carbocycles. The summed E-state index contributed by atoms with van der Waals surface area (Å²) in [5.74, 6) is 0.245. The Labute approximate surface area is 140 Å². The van der Waals surface area contributed by atoms with E-state index < -0.39 is 6.61 Å². The monoisotopic (exact) mass is 378 g/mol. The summed E-state index contributed by atoms with van der Waals surface area (Å²) in [6.45, 7) is -2.83. The molecule has 1 aromatic carbocycles. The number of halogens is 3. The number of aryl methyl sites for hydroxylation is 1. The van der Waals surface area contributed by atoms with Crippen LogP contribution in [0.25, 0.3) is 5.65 Å². The lowest BCUT2D eigenvalue weighted by molar-refractivity contribution is -0.0505. The minimum Gasteiger partial charge on any atom is -0.435 e. The molecule has 2 aromatic heterocycles. The molecule has 0 unspecified atom stereocenters. The number of aromatic nitrogens is 2. The van der Waals surface area contributed by atoms with E-state index in [1.165, 1.54) is 0 Å². The van der Waals surface area contributed by atoms with Crippen molar-refractivity contribution in [3.8, 4) is 5.75 Å². The second-order valence-corrected chi connectivity index (χ2v) is 6.44. The lowest BCUT2D eigenvalue weighted by Gasteiger charge is -2.17. The van der Waals surface area contributed by atoms with E-state index in [4.69, 9.17) is 4.74 Å². The number of alkyl halides is 2. The van der Waals surface area contributed by atoms with Crippen molar-refractivity contribution >= 4 is 21.6 Å². The average molecular weight is 379 g/mol. The lowest BCUT2D eigenvalue weighted by Crippen LogP contribution is -2.08. The second-order valence-electron chi connectivity index (χ2n) is 5.53. The minimum atomic E-state index is -2.83. The van der Waals surface area contributed by atoms with Crippen LogP contribution in [0.3, 0.4) is 0 Å². The fraction of sp³-hybridized carbons (Fsp3) is 0.235. The van der Waals surface area contributed by atoms with Gasteiger partial charge >= 0.3 is 6.61 Å². The molecule has 4 rings (SSSR count). The Bertz CT molecular complexity index is 878. The van der Waals surface area contributed by atoms with E-state index in [0.29, 0.717) is 0 Å². The Kier molecular flexibility index (Phi) is 3.56. The normalized spacial score (nSPS) is 17.0. The van der Waals surface area contributed by atoms with Crippen LogP contribution in [-0.2, 0) is 6.42 Å². The molecule has 2 heterocycles. The number of nitrogens with zero attached hydrogens (tertiary/aromatic N) is 2. The zero-order valence-electron chi connectivity index (χ0n) is 12.0. The second kappa shape index (κ2) is 5.60. The van der Waals surface area contributed by atoms with Crippen LogP contribution in [0.15, 0.2) is 47.1 Å². The molecule has 3 aromatic rings. The molecule has 0 amide bonds. The molecule has 0 radical (unpaired) electrons. The van der Waals surface area contributed by atoms with Gasteiger partial charge in [-0.3, -0.25) is 0 Å². The van der Waals surface area contributed by atoms with Crippen LogP contribution < -0.4 is 4.74 Å². The van der Waals surface area contributed by atoms with Gasteiger partial charge in [0, 0.05) is 22.2 Å². The first-order valence-electron chi connectivity index (χ1n) is 7.33. The van der Waals surface area contributed by atoms with Crippen molar-refractivity contribution in [2.45, 2.75) is 25.4 Å². The van der Waals surface area contributed by atoms with Gasteiger partial charge in [0.05, 0.1) is 11.4 Å². The highest BCUT2D eigenvalue weighted by atomic mass is 79.9. The molecular weight excluding hydrogens is 366 g/mol. The fourth-order valence-electron chi connectivity index (χ4n) is 3.33. The summed E-state index contributed by atoms with van der Waals surface area (Å²) >= 11 is 3.48. The van der Waals surface area contributed by atoms with Crippen molar-refractivity contribution in [2.24, 2.45) is 0 Å². The van der Waals surface area contributed by atoms with E-state index in [1.54, 1.807) is 12.1 Å². The standard InChI is InChI=1S/C17H13BrF2N2O/c18-10-5-8-15-21-13-7-6-12(16(13)22(15)9-10)11-3-1-2-4-14(11)23-17(19)20/h1-5,8-9,12,17H,6-7H2/t12-/m1/s1. The Morgan fingerprint density at radius 3 is 2.87 bits per heavy atom. The van der Waals surface area contributed by atoms with Gasteiger partial charge < -0.3 is 9.14 Å². The quantitative estimate of drug-likeness (QED) is 0.655. The van der Waals surface area contributed by atoms with E-state index in [2.05, 4.69) is 20.9 Å². The first-order chi connectivity index (χ1) is 11.1. The molecule has 0 spiro atoms. The number of ether oxygens (including phenoxy) is 1. The number of fused-ring (bicyclic) bond motifs is 3. The van der Waals surface area contributed by atoms with Crippen molar-refractivity contribution in [3.05, 3.63) is 64.0 Å². The SMILES string of the molecule is FC(F)Oc1ccccc1[C@H]1CCc2nc3ccc(Br)cn3c21. The van der Waals surface area contributed by atoms with E-state index in [0.717, 1.165) is 39.9 Å². The first-order valence-corrected chi connectivity index (χ1v) is 8.13. The van der Waals surface area contributed by atoms with Crippen LogP contribution >= 0.6 is 15.9 Å². The van der Waals surface area contributed by atoms with Gasteiger partial charge in [-0.05, 0) is 47.0 Å². The predicted octanol–water partition coefficient (Wildman–Crippen LogP) is 4.78. The molecule has 0 fully saturated rings. The maximum absolute atomic E-state index is 12.7. The number of benzene rings is 1. The summed E-state index contributed by atoms with van der Waals surface area (Å²) in [6.07, 6.45) is 3.65. The Hall–Kier alpha value is -1.95. The molecule has 0 aliphatic heterocycles. The number of pyridine rings is 1. The van der Waals surface area contributed by atoms with Crippen LogP contribution in [-0.4, -0.2) is 16.0 Å². The van der Waals surface area contributed by atoms with Crippen LogP contribution in [0.5, 0.6) is 5.75 Å². The van der Waals surface area contributed by atoms with Gasteiger partial charge in [-0.2, -0.15) is 8.78 Å². The van der Waals surface area contributed by atoms with Crippen molar-refractivity contribution in [1.29, 1.82) is 0 Å². The molecule has 0 N–H and O–H groups in total. The smallest absolute Gasteiger partial charge is 0.387 e. The summed E-state index contributed by atoms with van der Waals surface area (Å²) < 4.78 is 33.1. The number of imidazole rings is 1. The van der Waals surface area contributed by atoms with Gasteiger partial charge in [0.15, 0.2) is 0 Å². The third kappa shape index (κ3) is 2.51. The van der Waals surface area contributed by atoms with Crippen LogP contribution in [0.1, 0.15) is 29.3 Å². The van der Waals surface area contributed by atoms with E-state index in [-0.39, 0.29) is 11.7 Å². The van der Waals surface area contributed by atoms with Gasteiger partial charge in [0.1, 0.15) is 11.4 Å². The summed E-state index contributed by atoms with van der Waals surface area (Å²) in [4.78, 5) is 4.65. The summed E-state index contributed by atoms with van der Waals surface area (Å²) in [5, 5.41) is 0. The number of hydrogen-bond acceptors (Lipinski definition) is 2. The Morgan fingerprint density at radius 2 is 2.04 bits per heavy atom. The van der Waals surface area contributed by atoms with Crippen LogP contribution in [0, 0.1) is 0 Å². The first kappa shape index (κ1) is 14.6. The topological polar surface area (TPSA) is 26.5 Å². The number of rotatable bonds is 3. The van der Waals surface area contributed by atoms with Crippen molar-refractivity contribution in [3.63, 3.8) is 0 Å². The molecular formula is C17H13BrF2N2O. The highest BCUT2D eigenvalue weighted by molar-refractivity contribution is 9.10. The highest BCUT2D eigenvalue weighted by Gasteiger charge is 2.31. The van der Waals surface area contributed by atoms with Gasteiger partial charge in [0.25, 0.3) is 0 Å². The fourth-order valence-corrected chi connectivity index (χ4v) is 3.67. The predicted molar refractivity (Wildman–Crippen MR) is 86.1 cm³/mol. The molecule has 3 nitrogen and oxygen atoms in total. The van der Waals surface area contributed by atoms with E-state index >= 15 is 0 Å². The molecule has 0 bridgehead atoms. The summed E-state index contributed by atoms with van der Waals surface area (Å²) in [5.41, 5.74) is 3.75. The van der Waals surface area contributed by atoms with Gasteiger partial charge in [0.2, 0.25) is 0 Å². The van der Waals surface area contributed by atoms with Crippen molar-refractivity contribution in [2.75, 3.05) is 0 Å². The van der Waals surface area contributed by atoms with Crippen LogP contribution in [0.4, 0.5) is 8.78 Å². The van der Waals surface area contributed by atoms with Gasteiger partial charge in [-0.15, -0.1) is 0 Å². The average Bonchev–Trinajstić information content (AvgIpc) is 3.06.